The molecule has 1 aromatic rings. The van der Waals surface area contributed by atoms with Gasteiger partial charge in [0.25, 0.3) is 0 Å². The summed E-state index contributed by atoms with van der Waals surface area (Å²) in [6.45, 7) is 0. The van der Waals surface area contributed by atoms with Gasteiger partial charge in [-0.1, -0.05) is 0 Å². The monoisotopic (exact) mass is 537 g/mol. The van der Waals surface area contributed by atoms with E-state index in [0.717, 1.165) is 22.6 Å². The molecule has 1 atom stereocenters. The van der Waals surface area contributed by atoms with E-state index in [1.54, 1.807) is 0 Å². The quantitative estimate of drug-likeness (QED) is 0.209. The summed E-state index contributed by atoms with van der Waals surface area (Å²) in [7, 11) is 0. The molecular formula is C11H4F12INS. The lowest BCUT2D eigenvalue weighted by molar-refractivity contribution is -0.389. The number of alkyl halides is 12. The lowest BCUT2D eigenvalue weighted by Gasteiger charge is -2.36. The van der Waals surface area contributed by atoms with Gasteiger partial charge in [-0.05, 0) is 46.5 Å². The van der Waals surface area contributed by atoms with Crippen molar-refractivity contribution in [3.05, 3.63) is 21.3 Å². The minimum absolute atomic E-state index is 0.122. The summed E-state index contributed by atoms with van der Waals surface area (Å²) in [4.78, 5) is -1.36. The lowest BCUT2D eigenvalue weighted by Crippen LogP contribution is -2.59. The second-order valence-corrected chi connectivity index (χ2v) is 6.92. The molecule has 0 aliphatic heterocycles. The molecule has 0 aliphatic rings. The fraction of sp³-hybridized carbons (Fsp3) is 0.455. The minimum Gasteiger partial charge on any atom is -0.397 e. The van der Waals surface area contributed by atoms with Gasteiger partial charge < -0.3 is 5.73 Å². The Hall–Kier alpha value is -0.740. The van der Waals surface area contributed by atoms with Crippen molar-refractivity contribution in [3.8, 4) is 0 Å². The smallest absolute Gasteiger partial charge is 0.397 e. The van der Waals surface area contributed by atoms with Crippen LogP contribution >= 0.6 is 34.4 Å². The molecule has 0 heterocycles. The van der Waals surface area contributed by atoms with Crippen LogP contribution in [0.15, 0.2) is 17.0 Å². The topological polar surface area (TPSA) is 26.0 Å². The van der Waals surface area contributed by atoms with E-state index in [1.165, 1.54) is 0 Å². The first-order valence-electron chi connectivity index (χ1n) is 5.81. The van der Waals surface area contributed by atoms with Crippen molar-refractivity contribution in [1.82, 2.24) is 0 Å². The van der Waals surface area contributed by atoms with Gasteiger partial charge >= 0.3 is 29.5 Å². The first kappa shape index (κ1) is 23.3. The molecule has 26 heavy (non-hydrogen) atoms. The highest BCUT2D eigenvalue weighted by molar-refractivity contribution is 14.1. The van der Waals surface area contributed by atoms with Crippen molar-refractivity contribution in [1.29, 1.82) is 0 Å². The number of halogens is 13. The maximum Gasteiger partial charge on any atom is 0.457 e. The van der Waals surface area contributed by atoms with Gasteiger partial charge in [0.1, 0.15) is 0 Å². The van der Waals surface area contributed by atoms with Crippen LogP contribution in [0.2, 0.25) is 0 Å². The summed E-state index contributed by atoms with van der Waals surface area (Å²) >= 11 is -0.211. The summed E-state index contributed by atoms with van der Waals surface area (Å²) in [5.74, 6) is -6.99. The number of hydrogen-bond donors (Lipinski definition) is 1. The fourth-order valence-corrected chi connectivity index (χ4v) is 3.18. The van der Waals surface area contributed by atoms with Gasteiger partial charge in [0.05, 0.1) is 5.69 Å². The predicted octanol–water partition coefficient (Wildman–Crippen LogP) is 6.41. The van der Waals surface area contributed by atoms with E-state index < -0.39 is 67.0 Å². The van der Waals surface area contributed by atoms with Crippen LogP contribution in [0.3, 0.4) is 0 Å². The predicted molar refractivity (Wildman–Crippen MR) is 75.3 cm³/mol. The van der Waals surface area contributed by atoms with Crippen LogP contribution in [-0.4, -0.2) is 23.8 Å². The molecule has 0 fully saturated rings. The Morgan fingerprint density at radius 1 is 0.769 bits per heavy atom. The Kier molecular flexibility index (Phi) is 6.00. The average molecular weight is 537 g/mol. The average Bonchev–Trinajstić information content (AvgIpc) is 2.38. The molecule has 0 radical (unpaired) electrons. The summed E-state index contributed by atoms with van der Waals surface area (Å²) < 4.78 is 153. The molecule has 0 saturated carbocycles. The van der Waals surface area contributed by atoms with Crippen LogP contribution in [0.4, 0.5) is 58.4 Å². The Bertz CT molecular complexity index is 679. The number of hydrogen-bond acceptors (Lipinski definition) is 2. The highest BCUT2D eigenvalue weighted by atomic mass is 127. The van der Waals surface area contributed by atoms with Crippen molar-refractivity contribution in [3.63, 3.8) is 0 Å². The van der Waals surface area contributed by atoms with Crippen molar-refractivity contribution >= 4 is 40.0 Å². The number of thioether (sulfide) groups is 1. The third-order valence-corrected chi connectivity index (χ3v) is 4.58. The van der Waals surface area contributed by atoms with E-state index in [0.29, 0.717) is 0 Å². The van der Waals surface area contributed by atoms with Gasteiger partial charge in [0, 0.05) is 14.0 Å². The van der Waals surface area contributed by atoms with Crippen LogP contribution in [-0.2, 0) is 5.67 Å². The molecule has 0 saturated heterocycles. The maximum absolute atomic E-state index is 14.3. The zero-order valence-electron chi connectivity index (χ0n) is 11.6. The summed E-state index contributed by atoms with van der Waals surface area (Å²) in [6, 6.07) is -0.549. The molecule has 0 amide bonds. The first-order chi connectivity index (χ1) is 11.3. The zero-order valence-corrected chi connectivity index (χ0v) is 14.5. The van der Waals surface area contributed by atoms with E-state index in [-0.39, 0.29) is 6.07 Å². The summed E-state index contributed by atoms with van der Waals surface area (Å²) in [5.41, 5.74) is -9.58. The number of nitrogen functional groups attached to an aromatic ring is 1. The van der Waals surface area contributed by atoms with Crippen LogP contribution < -0.4 is 5.73 Å². The zero-order chi connectivity index (χ0) is 20.9. The molecule has 2 N–H and O–H groups in total. The van der Waals surface area contributed by atoms with Gasteiger partial charge in [-0.3, -0.25) is 0 Å². The fourth-order valence-electron chi connectivity index (χ4n) is 1.72. The molecule has 1 aromatic carbocycles. The molecule has 0 aliphatic carbocycles. The van der Waals surface area contributed by atoms with Gasteiger partial charge in [-0.2, -0.15) is 48.3 Å². The van der Waals surface area contributed by atoms with Crippen LogP contribution in [0.5, 0.6) is 0 Å². The largest absolute Gasteiger partial charge is 0.457 e. The molecule has 1 rings (SSSR count). The van der Waals surface area contributed by atoms with E-state index in [2.05, 4.69) is 0 Å². The Morgan fingerprint density at radius 2 is 1.23 bits per heavy atom. The number of rotatable bonds is 3. The Balaban J connectivity index is 3.81. The summed E-state index contributed by atoms with van der Waals surface area (Å²) in [5, 5.41) is 0. The van der Waals surface area contributed by atoms with Crippen molar-refractivity contribution in [2.45, 2.75) is 34.3 Å². The van der Waals surface area contributed by atoms with Crippen molar-refractivity contribution < 1.29 is 52.7 Å². The minimum atomic E-state index is -6.99. The Morgan fingerprint density at radius 3 is 1.58 bits per heavy atom. The van der Waals surface area contributed by atoms with Gasteiger partial charge in [0.2, 0.25) is 0 Å². The molecule has 15 heteroatoms. The molecule has 1 nitrogen and oxygen atoms in total. The molecule has 0 bridgehead atoms. The third kappa shape index (κ3) is 4.06. The van der Waals surface area contributed by atoms with E-state index in [9.17, 15) is 52.7 Å². The van der Waals surface area contributed by atoms with Crippen molar-refractivity contribution in [2.75, 3.05) is 5.73 Å². The SMILES string of the molecule is Nc1c(I)cc(C(F)(C(F)(F)F)C(F)(F)C(F)(F)F)cc1SC(F)(F)F. The first-order valence-corrected chi connectivity index (χ1v) is 7.70. The van der Waals surface area contributed by atoms with Gasteiger partial charge in [0.15, 0.2) is 0 Å². The number of benzene rings is 1. The van der Waals surface area contributed by atoms with Gasteiger partial charge in [-0.25, -0.2) is 4.39 Å². The van der Waals surface area contributed by atoms with E-state index in [1.807, 2.05) is 0 Å². The highest BCUT2D eigenvalue weighted by Gasteiger charge is 2.81. The molecular weight excluding hydrogens is 533 g/mol. The Labute approximate surface area is 154 Å². The lowest BCUT2D eigenvalue weighted by atomic mass is 9.87. The molecule has 150 valence electrons. The normalized spacial score (nSPS) is 16.5. The van der Waals surface area contributed by atoms with Gasteiger partial charge in [-0.15, -0.1) is 0 Å². The van der Waals surface area contributed by atoms with Crippen LogP contribution in [0, 0.1) is 3.57 Å². The standard InChI is InChI=1S/C11H4F12INS/c12-7(9(15,16)17,8(13,14)10(18,19)20)3-1-4(24)6(25)5(2-3)26-11(21,22)23/h1-2H,25H2. The molecule has 0 spiro atoms. The van der Waals surface area contributed by atoms with Crippen LogP contribution in [0.25, 0.3) is 0 Å². The third-order valence-electron chi connectivity index (χ3n) is 2.89. The van der Waals surface area contributed by atoms with E-state index in [4.69, 9.17) is 5.73 Å². The maximum atomic E-state index is 14.3. The number of nitrogens with two attached hydrogens (primary N) is 1. The number of anilines is 1. The molecule has 0 aromatic heterocycles. The highest BCUT2D eigenvalue weighted by Crippen LogP contribution is 2.59. The van der Waals surface area contributed by atoms with Crippen molar-refractivity contribution in [2.24, 2.45) is 0 Å². The summed E-state index contributed by atoms with van der Waals surface area (Å²) in [6.07, 6.45) is -13.8. The van der Waals surface area contributed by atoms with E-state index >= 15 is 0 Å². The second kappa shape index (κ2) is 6.70. The second-order valence-electron chi connectivity index (χ2n) is 4.65. The van der Waals surface area contributed by atoms with Crippen LogP contribution in [0.1, 0.15) is 5.56 Å². The molecule has 1 unspecified atom stereocenters.